The number of halogens is 1. The number of nitrogens with one attached hydrogen (secondary N) is 1. The molecular formula is C15H19FN2O2. The number of hydrogen-bond acceptors (Lipinski definition) is 3. The van der Waals surface area contributed by atoms with Crippen molar-refractivity contribution in [1.82, 2.24) is 10.2 Å². The van der Waals surface area contributed by atoms with Crippen molar-refractivity contribution in [2.75, 3.05) is 13.1 Å². The van der Waals surface area contributed by atoms with Crippen molar-refractivity contribution in [1.29, 1.82) is 0 Å². The minimum absolute atomic E-state index is 0.172. The Morgan fingerprint density at radius 3 is 2.50 bits per heavy atom. The molecule has 5 heteroatoms. The van der Waals surface area contributed by atoms with Crippen molar-refractivity contribution >= 4 is 11.8 Å². The van der Waals surface area contributed by atoms with E-state index in [1.165, 1.54) is 11.0 Å². The molecule has 1 heterocycles. The molecule has 2 amide bonds. The van der Waals surface area contributed by atoms with Crippen molar-refractivity contribution in [2.24, 2.45) is 0 Å². The number of likely N-dealkylation sites (tertiary alicyclic amines) is 1. The zero-order valence-corrected chi connectivity index (χ0v) is 11.6. The lowest BCUT2D eigenvalue weighted by Crippen LogP contribution is -2.38. The smallest absolute Gasteiger partial charge is 0.229 e. The number of amides is 2. The molecule has 1 aliphatic rings. The number of benzene rings is 1. The Kier molecular flexibility index (Phi) is 4.84. The monoisotopic (exact) mass is 278 g/mol. The van der Waals surface area contributed by atoms with Gasteiger partial charge in [0.05, 0.1) is 6.04 Å². The van der Waals surface area contributed by atoms with E-state index in [1.54, 1.807) is 18.2 Å². The Hall–Kier alpha value is -1.75. The first-order chi connectivity index (χ1) is 9.63. The lowest BCUT2D eigenvalue weighted by molar-refractivity contribution is -0.138. The van der Waals surface area contributed by atoms with Crippen molar-refractivity contribution in [3.8, 4) is 0 Å². The van der Waals surface area contributed by atoms with Gasteiger partial charge in [-0.1, -0.05) is 25.1 Å². The molecule has 0 aromatic heterocycles. The SMILES string of the molecule is CCCNC(CN1C(=O)CCC1=O)c1ccccc1F. The van der Waals surface area contributed by atoms with E-state index in [0.29, 0.717) is 12.1 Å². The van der Waals surface area contributed by atoms with E-state index >= 15 is 0 Å². The summed E-state index contributed by atoms with van der Waals surface area (Å²) in [5, 5.41) is 3.21. The van der Waals surface area contributed by atoms with Crippen LogP contribution in [0.4, 0.5) is 4.39 Å². The standard InChI is InChI=1S/C15H19FN2O2/c1-2-9-17-13(11-5-3-4-6-12(11)16)10-18-14(19)7-8-15(18)20/h3-6,13,17H,2,7-10H2,1H3. The van der Waals surface area contributed by atoms with Crippen LogP contribution in [0.5, 0.6) is 0 Å². The van der Waals surface area contributed by atoms with E-state index < -0.39 is 0 Å². The third kappa shape index (κ3) is 3.22. The summed E-state index contributed by atoms with van der Waals surface area (Å²) in [5.41, 5.74) is 0.494. The van der Waals surface area contributed by atoms with Crippen LogP contribution in [-0.4, -0.2) is 29.8 Å². The summed E-state index contributed by atoms with van der Waals surface area (Å²) in [6.07, 6.45) is 1.42. The normalized spacial score (nSPS) is 16.8. The maximum atomic E-state index is 13.9. The van der Waals surface area contributed by atoms with Crippen molar-refractivity contribution in [2.45, 2.75) is 32.2 Å². The summed E-state index contributed by atoms with van der Waals surface area (Å²) >= 11 is 0. The average Bonchev–Trinajstić information content (AvgIpc) is 2.75. The second-order valence-electron chi connectivity index (χ2n) is 4.93. The van der Waals surface area contributed by atoms with Crippen LogP contribution in [0.2, 0.25) is 0 Å². The minimum atomic E-state index is -0.359. The van der Waals surface area contributed by atoms with Gasteiger partial charge in [0, 0.05) is 24.9 Å². The number of imide groups is 1. The van der Waals surface area contributed by atoms with E-state index in [4.69, 9.17) is 0 Å². The third-order valence-corrected chi connectivity index (χ3v) is 3.44. The maximum absolute atomic E-state index is 13.9. The Labute approximate surface area is 118 Å². The zero-order valence-electron chi connectivity index (χ0n) is 11.6. The molecule has 0 spiro atoms. The first kappa shape index (κ1) is 14.7. The molecular weight excluding hydrogens is 259 g/mol. The van der Waals surface area contributed by atoms with Gasteiger partial charge in [0.15, 0.2) is 0 Å². The predicted octanol–water partition coefficient (Wildman–Crippen LogP) is 2.02. The Balaban J connectivity index is 2.17. The van der Waals surface area contributed by atoms with Crippen LogP contribution < -0.4 is 5.32 Å². The summed E-state index contributed by atoms with van der Waals surface area (Å²) < 4.78 is 13.9. The number of rotatable bonds is 6. The van der Waals surface area contributed by atoms with Crippen molar-refractivity contribution in [3.05, 3.63) is 35.6 Å². The number of carbonyl (C=O) groups excluding carboxylic acids is 2. The van der Waals surface area contributed by atoms with Crippen molar-refractivity contribution in [3.63, 3.8) is 0 Å². The molecule has 2 rings (SSSR count). The molecule has 1 atom stereocenters. The topological polar surface area (TPSA) is 49.4 Å². The highest BCUT2D eigenvalue weighted by Gasteiger charge is 2.31. The second-order valence-corrected chi connectivity index (χ2v) is 4.93. The zero-order chi connectivity index (χ0) is 14.5. The molecule has 1 fully saturated rings. The van der Waals surface area contributed by atoms with Gasteiger partial charge < -0.3 is 5.32 Å². The highest BCUT2D eigenvalue weighted by molar-refractivity contribution is 6.01. The van der Waals surface area contributed by atoms with Gasteiger partial charge in [-0.15, -0.1) is 0 Å². The molecule has 1 aromatic carbocycles. The van der Waals surface area contributed by atoms with E-state index in [-0.39, 0.29) is 43.1 Å². The Morgan fingerprint density at radius 2 is 1.90 bits per heavy atom. The summed E-state index contributed by atoms with van der Waals surface area (Å²) in [5.74, 6) is -0.663. The largest absolute Gasteiger partial charge is 0.308 e. The maximum Gasteiger partial charge on any atom is 0.229 e. The van der Waals surface area contributed by atoms with Gasteiger partial charge >= 0.3 is 0 Å². The van der Waals surface area contributed by atoms with Gasteiger partial charge in [-0.05, 0) is 19.0 Å². The van der Waals surface area contributed by atoms with Crippen LogP contribution in [0.25, 0.3) is 0 Å². The summed E-state index contributed by atoms with van der Waals surface area (Å²) in [7, 11) is 0. The summed E-state index contributed by atoms with van der Waals surface area (Å²) in [6.45, 7) is 2.91. The number of carbonyl (C=O) groups is 2. The summed E-state index contributed by atoms with van der Waals surface area (Å²) in [6, 6.07) is 6.10. The number of hydrogen-bond donors (Lipinski definition) is 1. The molecule has 1 aromatic rings. The average molecular weight is 278 g/mol. The fraction of sp³-hybridized carbons (Fsp3) is 0.467. The van der Waals surface area contributed by atoms with Crippen LogP contribution in [0, 0.1) is 5.82 Å². The molecule has 20 heavy (non-hydrogen) atoms. The molecule has 1 aliphatic heterocycles. The lowest BCUT2D eigenvalue weighted by atomic mass is 10.1. The Bertz CT molecular complexity index is 488. The third-order valence-electron chi connectivity index (χ3n) is 3.44. The quantitative estimate of drug-likeness (QED) is 0.810. The van der Waals surface area contributed by atoms with Crippen molar-refractivity contribution < 1.29 is 14.0 Å². The molecule has 0 aliphatic carbocycles. The molecule has 1 unspecified atom stereocenters. The Morgan fingerprint density at radius 1 is 1.25 bits per heavy atom. The fourth-order valence-electron chi connectivity index (χ4n) is 2.36. The van der Waals surface area contributed by atoms with E-state index in [2.05, 4.69) is 5.32 Å². The summed E-state index contributed by atoms with van der Waals surface area (Å²) in [4.78, 5) is 24.6. The molecule has 108 valence electrons. The molecule has 4 nitrogen and oxygen atoms in total. The van der Waals surface area contributed by atoms with E-state index in [9.17, 15) is 14.0 Å². The van der Waals surface area contributed by atoms with Crippen LogP contribution in [0.1, 0.15) is 37.8 Å². The van der Waals surface area contributed by atoms with Gasteiger partial charge in [-0.25, -0.2) is 4.39 Å². The number of nitrogens with zero attached hydrogens (tertiary/aromatic N) is 1. The van der Waals surface area contributed by atoms with Crippen LogP contribution >= 0.6 is 0 Å². The van der Waals surface area contributed by atoms with Gasteiger partial charge in [0.2, 0.25) is 11.8 Å². The van der Waals surface area contributed by atoms with E-state index in [0.717, 1.165) is 6.42 Å². The van der Waals surface area contributed by atoms with Gasteiger partial charge in [0.1, 0.15) is 5.82 Å². The molecule has 0 saturated carbocycles. The molecule has 1 saturated heterocycles. The molecule has 0 bridgehead atoms. The molecule has 0 radical (unpaired) electrons. The fourth-order valence-corrected chi connectivity index (χ4v) is 2.36. The lowest BCUT2D eigenvalue weighted by Gasteiger charge is -2.24. The second kappa shape index (κ2) is 6.61. The van der Waals surface area contributed by atoms with Gasteiger partial charge in [0.25, 0.3) is 0 Å². The molecule has 1 N–H and O–H groups in total. The van der Waals surface area contributed by atoms with Gasteiger partial charge in [-0.3, -0.25) is 14.5 Å². The van der Waals surface area contributed by atoms with E-state index in [1.807, 2.05) is 6.92 Å². The predicted molar refractivity (Wildman–Crippen MR) is 73.4 cm³/mol. The van der Waals surface area contributed by atoms with Crippen LogP contribution in [0.15, 0.2) is 24.3 Å². The first-order valence-corrected chi connectivity index (χ1v) is 6.94. The van der Waals surface area contributed by atoms with Crippen LogP contribution in [0.3, 0.4) is 0 Å². The highest BCUT2D eigenvalue weighted by atomic mass is 19.1. The van der Waals surface area contributed by atoms with Crippen LogP contribution in [-0.2, 0) is 9.59 Å². The van der Waals surface area contributed by atoms with Gasteiger partial charge in [-0.2, -0.15) is 0 Å². The first-order valence-electron chi connectivity index (χ1n) is 6.94. The highest BCUT2D eigenvalue weighted by Crippen LogP contribution is 2.21. The minimum Gasteiger partial charge on any atom is -0.308 e.